The molecule has 0 unspecified atom stereocenters. The van der Waals surface area contributed by atoms with Crippen LogP contribution in [0.5, 0.6) is 0 Å². The Morgan fingerprint density at radius 2 is 1.83 bits per heavy atom. The van der Waals surface area contributed by atoms with Crippen molar-refractivity contribution in [2.75, 3.05) is 6.61 Å². The lowest BCUT2D eigenvalue weighted by Gasteiger charge is -2.38. The first kappa shape index (κ1) is 16.9. The van der Waals surface area contributed by atoms with E-state index in [0.29, 0.717) is 0 Å². The molecular weight excluding hydrogens is 254 g/mol. The number of nitrogens with one attached hydrogen (secondary N) is 1. The Hall–Kier alpha value is -1.12. The molecule has 0 aliphatic carbocycles. The van der Waals surface area contributed by atoms with E-state index in [9.17, 15) is 9.59 Å². The summed E-state index contributed by atoms with van der Waals surface area (Å²) in [6, 6.07) is 0. The van der Waals surface area contributed by atoms with Gasteiger partial charge in [0.1, 0.15) is 6.61 Å². The molecule has 2 amide bonds. The molecule has 0 bridgehead atoms. The number of amides is 2. The van der Waals surface area contributed by atoms with Crippen LogP contribution in [0.25, 0.3) is 0 Å². The molecule has 1 atom stereocenters. The van der Waals surface area contributed by atoms with E-state index in [4.69, 9.17) is 16.0 Å². The second-order valence-electron chi connectivity index (χ2n) is 5.51. The highest BCUT2D eigenvalue weighted by atomic mass is 28.4. The molecule has 0 aliphatic rings. The Kier molecular flexibility index (Phi) is 5.78. The van der Waals surface area contributed by atoms with Crippen molar-refractivity contribution in [2.24, 2.45) is 11.6 Å². The van der Waals surface area contributed by atoms with E-state index in [1.165, 1.54) is 0 Å². The molecule has 0 heterocycles. The minimum Gasteiger partial charge on any atom is -0.446 e. The van der Waals surface area contributed by atoms with E-state index in [0.717, 1.165) is 0 Å². The highest BCUT2D eigenvalue weighted by Gasteiger charge is 2.41. The first-order chi connectivity index (χ1) is 8.01. The Balaban J connectivity index is 4.79. The van der Waals surface area contributed by atoms with Crippen LogP contribution in [0.4, 0.5) is 4.79 Å². The van der Waals surface area contributed by atoms with Crippen molar-refractivity contribution in [1.82, 2.24) is 5.43 Å². The van der Waals surface area contributed by atoms with Gasteiger partial charge in [0.15, 0.2) is 14.4 Å². The number of primary amides is 1. The Bertz CT molecular complexity index is 315. The molecular formula is C10H23N3O4Si. The van der Waals surface area contributed by atoms with Crippen molar-refractivity contribution < 1.29 is 18.8 Å². The SMILES string of the molecule is CC(C)(C)[Si](C)(C)O[C@H](COC(N)=O)C(=O)NN. The average molecular weight is 277 g/mol. The van der Waals surface area contributed by atoms with Crippen LogP contribution in [-0.4, -0.2) is 33.0 Å². The fraction of sp³-hybridized carbons (Fsp3) is 0.800. The molecule has 8 heteroatoms. The van der Waals surface area contributed by atoms with Gasteiger partial charge in [-0.2, -0.15) is 0 Å². The van der Waals surface area contributed by atoms with Gasteiger partial charge in [0.05, 0.1) is 0 Å². The van der Waals surface area contributed by atoms with Crippen LogP contribution in [0.3, 0.4) is 0 Å². The number of rotatable bonds is 5. The van der Waals surface area contributed by atoms with Crippen LogP contribution in [0, 0.1) is 0 Å². The highest BCUT2D eigenvalue weighted by Crippen LogP contribution is 2.37. The molecule has 0 saturated carbocycles. The van der Waals surface area contributed by atoms with Crippen molar-refractivity contribution in [3.63, 3.8) is 0 Å². The van der Waals surface area contributed by atoms with Gasteiger partial charge in [-0.05, 0) is 18.1 Å². The first-order valence-corrected chi connectivity index (χ1v) is 8.52. The summed E-state index contributed by atoms with van der Waals surface area (Å²) < 4.78 is 10.4. The second-order valence-corrected chi connectivity index (χ2v) is 10.3. The van der Waals surface area contributed by atoms with Crippen LogP contribution in [0.2, 0.25) is 18.1 Å². The van der Waals surface area contributed by atoms with Gasteiger partial charge in [0.2, 0.25) is 0 Å². The van der Waals surface area contributed by atoms with Gasteiger partial charge in [-0.15, -0.1) is 0 Å². The van der Waals surface area contributed by atoms with Crippen LogP contribution < -0.4 is 17.0 Å². The fourth-order valence-electron chi connectivity index (χ4n) is 0.946. The molecule has 0 rings (SSSR count). The summed E-state index contributed by atoms with van der Waals surface area (Å²) in [6.45, 7) is 9.82. The normalized spacial score (nSPS) is 13.9. The van der Waals surface area contributed by atoms with Gasteiger partial charge >= 0.3 is 6.09 Å². The smallest absolute Gasteiger partial charge is 0.404 e. The summed E-state index contributed by atoms with van der Waals surface area (Å²) in [4.78, 5) is 22.1. The molecule has 0 spiro atoms. The minimum atomic E-state index is -2.17. The number of carbonyl (C=O) groups is 2. The molecule has 0 aromatic carbocycles. The Labute approximate surface area is 108 Å². The van der Waals surface area contributed by atoms with E-state index in [-0.39, 0.29) is 11.6 Å². The molecule has 0 aliphatic heterocycles. The van der Waals surface area contributed by atoms with Crippen molar-refractivity contribution in [2.45, 2.75) is 45.0 Å². The summed E-state index contributed by atoms with van der Waals surface area (Å²) in [5.41, 5.74) is 6.85. The van der Waals surface area contributed by atoms with Gasteiger partial charge in [-0.1, -0.05) is 20.8 Å². The highest BCUT2D eigenvalue weighted by molar-refractivity contribution is 6.74. The fourth-order valence-corrected chi connectivity index (χ4v) is 2.19. The van der Waals surface area contributed by atoms with Crippen molar-refractivity contribution in [3.05, 3.63) is 0 Å². The third-order valence-electron chi connectivity index (χ3n) is 3.05. The van der Waals surface area contributed by atoms with E-state index in [1.807, 2.05) is 39.3 Å². The molecule has 7 nitrogen and oxygen atoms in total. The lowest BCUT2D eigenvalue weighted by molar-refractivity contribution is -0.130. The van der Waals surface area contributed by atoms with Crippen LogP contribution in [0.15, 0.2) is 0 Å². The molecule has 18 heavy (non-hydrogen) atoms. The maximum absolute atomic E-state index is 11.6. The lowest BCUT2D eigenvalue weighted by Crippen LogP contribution is -2.51. The van der Waals surface area contributed by atoms with Gasteiger partial charge in [0, 0.05) is 0 Å². The maximum Gasteiger partial charge on any atom is 0.404 e. The lowest BCUT2D eigenvalue weighted by atomic mass is 10.2. The number of ether oxygens (including phenoxy) is 1. The molecule has 106 valence electrons. The van der Waals surface area contributed by atoms with Gasteiger partial charge in [-0.3, -0.25) is 10.2 Å². The summed E-state index contributed by atoms with van der Waals surface area (Å²) in [6.07, 6.45) is -1.90. The maximum atomic E-state index is 11.6. The summed E-state index contributed by atoms with van der Waals surface area (Å²) in [7, 11) is -2.17. The zero-order chi connectivity index (χ0) is 14.6. The summed E-state index contributed by atoms with van der Waals surface area (Å²) >= 11 is 0. The quantitative estimate of drug-likeness (QED) is 0.292. The van der Waals surface area contributed by atoms with Gasteiger partial charge in [-0.25, -0.2) is 10.6 Å². The Morgan fingerprint density at radius 3 is 2.17 bits per heavy atom. The summed E-state index contributed by atoms with van der Waals surface area (Å²) in [5, 5.41) is -0.0765. The predicted octanol–water partition coefficient (Wildman–Crippen LogP) is 0.462. The van der Waals surface area contributed by atoms with E-state index < -0.39 is 26.4 Å². The number of nitrogens with two attached hydrogens (primary N) is 2. The van der Waals surface area contributed by atoms with Crippen LogP contribution >= 0.6 is 0 Å². The minimum absolute atomic E-state index is 0.0765. The zero-order valence-electron chi connectivity index (χ0n) is 11.6. The standard InChI is InChI=1S/C10H23N3O4Si/c1-10(2,3)18(4,5)17-7(8(14)13-12)6-16-9(11)15/h7H,6,12H2,1-5H3,(H2,11,15)(H,13,14)/t7-/m1/s1. The molecule has 0 aromatic rings. The van der Waals surface area contributed by atoms with Crippen LogP contribution in [0.1, 0.15) is 20.8 Å². The van der Waals surface area contributed by atoms with Crippen molar-refractivity contribution >= 4 is 20.3 Å². The molecule has 0 saturated heterocycles. The third kappa shape index (κ3) is 5.03. The zero-order valence-corrected chi connectivity index (χ0v) is 12.6. The van der Waals surface area contributed by atoms with E-state index in [1.54, 1.807) is 0 Å². The topological polar surface area (TPSA) is 117 Å². The number of hydrogen-bond donors (Lipinski definition) is 3. The Morgan fingerprint density at radius 1 is 1.33 bits per heavy atom. The average Bonchev–Trinajstić information content (AvgIpc) is 2.21. The molecule has 0 fully saturated rings. The van der Waals surface area contributed by atoms with Gasteiger partial charge in [0.25, 0.3) is 5.91 Å². The first-order valence-electron chi connectivity index (χ1n) is 5.62. The summed E-state index contributed by atoms with van der Waals surface area (Å²) in [5.74, 6) is 4.53. The number of hydrogen-bond acceptors (Lipinski definition) is 5. The van der Waals surface area contributed by atoms with Gasteiger partial charge < -0.3 is 14.9 Å². The van der Waals surface area contributed by atoms with Crippen molar-refractivity contribution in [1.29, 1.82) is 0 Å². The monoisotopic (exact) mass is 277 g/mol. The van der Waals surface area contributed by atoms with Crippen molar-refractivity contribution in [3.8, 4) is 0 Å². The molecule has 0 aromatic heterocycles. The van der Waals surface area contributed by atoms with E-state index in [2.05, 4.69) is 4.74 Å². The predicted molar refractivity (Wildman–Crippen MR) is 69.9 cm³/mol. The third-order valence-corrected chi connectivity index (χ3v) is 7.54. The molecule has 0 radical (unpaired) electrons. The van der Waals surface area contributed by atoms with Crippen LogP contribution in [-0.2, 0) is 14.0 Å². The number of hydrazine groups is 1. The molecule has 5 N–H and O–H groups in total. The van der Waals surface area contributed by atoms with E-state index >= 15 is 0 Å². The number of carbonyl (C=O) groups excluding carboxylic acids is 2. The second kappa shape index (κ2) is 6.16. The largest absolute Gasteiger partial charge is 0.446 e.